The van der Waals surface area contributed by atoms with Crippen molar-refractivity contribution < 1.29 is 9.32 Å². The van der Waals surface area contributed by atoms with Gasteiger partial charge in [-0.2, -0.15) is 0 Å². The number of para-hydroxylation sites is 1. The summed E-state index contributed by atoms with van der Waals surface area (Å²) in [4.78, 5) is 17.4. The van der Waals surface area contributed by atoms with Gasteiger partial charge in [0.15, 0.2) is 5.58 Å². The second-order valence-electron chi connectivity index (χ2n) is 5.67. The minimum absolute atomic E-state index is 0.145. The highest BCUT2D eigenvalue weighted by Crippen LogP contribution is 2.20. The SMILES string of the molecule is O=C(c1cccs1)N1CCN(Cc2noc3ccccc23)CC1. The summed E-state index contributed by atoms with van der Waals surface area (Å²) >= 11 is 1.50. The molecule has 0 bridgehead atoms. The molecule has 0 radical (unpaired) electrons. The number of amides is 1. The van der Waals surface area contributed by atoms with Crippen molar-refractivity contribution in [2.45, 2.75) is 6.54 Å². The van der Waals surface area contributed by atoms with Crippen LogP contribution >= 0.6 is 11.3 Å². The van der Waals surface area contributed by atoms with Crippen molar-refractivity contribution in [2.24, 2.45) is 0 Å². The summed E-state index contributed by atoms with van der Waals surface area (Å²) in [5.74, 6) is 0.145. The second-order valence-corrected chi connectivity index (χ2v) is 6.62. The fourth-order valence-corrected chi connectivity index (χ4v) is 3.62. The number of rotatable bonds is 3. The highest BCUT2D eigenvalue weighted by atomic mass is 32.1. The number of thiophene rings is 1. The van der Waals surface area contributed by atoms with Crippen LogP contribution in [0.5, 0.6) is 0 Å². The standard InChI is InChI=1S/C17H17N3O2S/c21-17(16-6-3-11-23-16)20-9-7-19(8-10-20)12-14-13-4-1-2-5-15(13)22-18-14/h1-6,11H,7-10,12H2. The van der Waals surface area contributed by atoms with Crippen LogP contribution in [0.2, 0.25) is 0 Å². The average molecular weight is 327 g/mol. The summed E-state index contributed by atoms with van der Waals surface area (Å²) in [6, 6.07) is 11.7. The van der Waals surface area contributed by atoms with Gasteiger partial charge in [-0.25, -0.2) is 0 Å². The molecular formula is C17H17N3O2S. The third kappa shape index (κ3) is 2.87. The zero-order valence-corrected chi connectivity index (χ0v) is 13.5. The van der Waals surface area contributed by atoms with Gasteiger partial charge < -0.3 is 9.42 Å². The Balaban J connectivity index is 1.39. The molecule has 3 heterocycles. The Kier molecular flexibility index (Phi) is 3.85. The minimum atomic E-state index is 0.145. The Morgan fingerprint density at radius 2 is 1.96 bits per heavy atom. The van der Waals surface area contributed by atoms with Crippen LogP contribution in [-0.2, 0) is 6.54 Å². The third-order valence-corrected chi connectivity index (χ3v) is 5.07. The Morgan fingerprint density at radius 1 is 1.13 bits per heavy atom. The predicted octanol–water partition coefficient (Wildman–Crippen LogP) is 2.85. The van der Waals surface area contributed by atoms with E-state index < -0.39 is 0 Å². The van der Waals surface area contributed by atoms with Crippen LogP contribution < -0.4 is 0 Å². The molecule has 1 aliphatic heterocycles. The molecule has 1 aromatic carbocycles. The lowest BCUT2D eigenvalue weighted by molar-refractivity contribution is 0.0631. The quantitative estimate of drug-likeness (QED) is 0.742. The van der Waals surface area contributed by atoms with Gasteiger partial charge in [0.05, 0.1) is 4.88 Å². The number of carbonyl (C=O) groups is 1. The molecule has 1 amide bonds. The summed E-state index contributed by atoms with van der Waals surface area (Å²) in [7, 11) is 0. The lowest BCUT2D eigenvalue weighted by atomic mass is 10.2. The van der Waals surface area contributed by atoms with Gasteiger partial charge in [-0.05, 0) is 23.6 Å². The highest BCUT2D eigenvalue weighted by Gasteiger charge is 2.23. The molecule has 1 aliphatic rings. The monoisotopic (exact) mass is 327 g/mol. The number of fused-ring (bicyclic) bond motifs is 1. The first-order valence-electron chi connectivity index (χ1n) is 7.70. The molecule has 0 unspecified atom stereocenters. The molecule has 118 valence electrons. The molecule has 1 saturated heterocycles. The van der Waals surface area contributed by atoms with E-state index in [2.05, 4.69) is 10.1 Å². The number of aromatic nitrogens is 1. The summed E-state index contributed by atoms with van der Waals surface area (Å²) in [5.41, 5.74) is 1.80. The van der Waals surface area contributed by atoms with Crippen LogP contribution in [0.3, 0.4) is 0 Å². The summed E-state index contributed by atoms with van der Waals surface area (Å²) in [6.07, 6.45) is 0. The molecule has 2 aromatic heterocycles. The fourth-order valence-electron chi connectivity index (χ4n) is 2.93. The van der Waals surface area contributed by atoms with E-state index in [0.717, 1.165) is 54.3 Å². The van der Waals surface area contributed by atoms with Crippen LogP contribution in [0, 0.1) is 0 Å². The Bertz CT molecular complexity index is 804. The van der Waals surface area contributed by atoms with Crippen molar-refractivity contribution in [1.29, 1.82) is 0 Å². The molecule has 0 atom stereocenters. The molecule has 4 rings (SSSR count). The Labute approximate surface area is 138 Å². The number of benzene rings is 1. The zero-order valence-electron chi connectivity index (χ0n) is 12.6. The van der Waals surface area contributed by atoms with Gasteiger partial charge in [0.1, 0.15) is 5.69 Å². The molecule has 1 fully saturated rings. The molecule has 6 heteroatoms. The molecule has 3 aromatic rings. The summed E-state index contributed by atoms with van der Waals surface area (Å²) in [5, 5.41) is 7.21. The smallest absolute Gasteiger partial charge is 0.264 e. The van der Waals surface area contributed by atoms with E-state index in [4.69, 9.17) is 4.52 Å². The van der Waals surface area contributed by atoms with Crippen molar-refractivity contribution in [3.8, 4) is 0 Å². The minimum Gasteiger partial charge on any atom is -0.356 e. The number of hydrogen-bond donors (Lipinski definition) is 0. The van der Waals surface area contributed by atoms with E-state index in [9.17, 15) is 4.79 Å². The van der Waals surface area contributed by atoms with E-state index >= 15 is 0 Å². The first kappa shape index (κ1) is 14.4. The van der Waals surface area contributed by atoms with E-state index in [-0.39, 0.29) is 5.91 Å². The van der Waals surface area contributed by atoms with Crippen molar-refractivity contribution in [1.82, 2.24) is 15.0 Å². The van der Waals surface area contributed by atoms with Crippen molar-refractivity contribution in [3.05, 3.63) is 52.3 Å². The first-order valence-corrected chi connectivity index (χ1v) is 8.57. The topological polar surface area (TPSA) is 49.6 Å². The van der Waals surface area contributed by atoms with Gasteiger partial charge in [0.2, 0.25) is 0 Å². The lowest BCUT2D eigenvalue weighted by Crippen LogP contribution is -2.48. The normalized spacial score (nSPS) is 16.1. The van der Waals surface area contributed by atoms with Crippen LogP contribution in [0.15, 0.2) is 46.3 Å². The Hall–Kier alpha value is -2.18. The van der Waals surface area contributed by atoms with Gasteiger partial charge in [0.25, 0.3) is 5.91 Å². The van der Waals surface area contributed by atoms with Gasteiger partial charge in [-0.3, -0.25) is 9.69 Å². The number of piperazine rings is 1. The fraction of sp³-hybridized carbons (Fsp3) is 0.294. The summed E-state index contributed by atoms with van der Waals surface area (Å²) in [6.45, 7) is 3.99. The number of hydrogen-bond acceptors (Lipinski definition) is 5. The molecule has 0 spiro atoms. The van der Waals surface area contributed by atoms with Crippen molar-refractivity contribution >= 4 is 28.2 Å². The molecular weight excluding hydrogens is 310 g/mol. The second kappa shape index (κ2) is 6.14. The van der Waals surface area contributed by atoms with Gasteiger partial charge >= 0.3 is 0 Å². The highest BCUT2D eigenvalue weighted by molar-refractivity contribution is 7.12. The largest absolute Gasteiger partial charge is 0.356 e. The molecule has 0 aliphatic carbocycles. The van der Waals surface area contributed by atoms with Gasteiger partial charge in [0, 0.05) is 38.1 Å². The molecule has 5 nitrogen and oxygen atoms in total. The maximum Gasteiger partial charge on any atom is 0.264 e. The predicted molar refractivity (Wildman–Crippen MR) is 89.5 cm³/mol. The first-order chi connectivity index (χ1) is 11.3. The molecule has 23 heavy (non-hydrogen) atoms. The van der Waals surface area contributed by atoms with Crippen molar-refractivity contribution in [3.63, 3.8) is 0 Å². The number of carbonyl (C=O) groups excluding carboxylic acids is 1. The number of nitrogens with zero attached hydrogens (tertiary/aromatic N) is 3. The molecule has 0 N–H and O–H groups in total. The van der Waals surface area contributed by atoms with Crippen LogP contribution in [0.4, 0.5) is 0 Å². The average Bonchev–Trinajstić information content (AvgIpc) is 3.25. The van der Waals surface area contributed by atoms with Crippen LogP contribution in [0.1, 0.15) is 15.4 Å². The van der Waals surface area contributed by atoms with Crippen molar-refractivity contribution in [2.75, 3.05) is 26.2 Å². The van der Waals surface area contributed by atoms with E-state index in [0.29, 0.717) is 0 Å². The maximum atomic E-state index is 12.3. The summed E-state index contributed by atoms with van der Waals surface area (Å²) < 4.78 is 5.36. The van der Waals surface area contributed by atoms with Gasteiger partial charge in [-0.15, -0.1) is 11.3 Å². The van der Waals surface area contributed by atoms with Crippen LogP contribution in [0.25, 0.3) is 11.0 Å². The van der Waals surface area contributed by atoms with E-state index in [1.54, 1.807) is 0 Å². The van der Waals surface area contributed by atoms with Crippen LogP contribution in [-0.4, -0.2) is 47.0 Å². The Morgan fingerprint density at radius 3 is 2.74 bits per heavy atom. The lowest BCUT2D eigenvalue weighted by Gasteiger charge is -2.34. The zero-order chi connectivity index (χ0) is 15.6. The third-order valence-electron chi connectivity index (χ3n) is 4.22. The molecule has 0 saturated carbocycles. The maximum absolute atomic E-state index is 12.3. The van der Waals surface area contributed by atoms with E-state index in [1.165, 1.54) is 11.3 Å². The van der Waals surface area contributed by atoms with E-state index in [1.807, 2.05) is 46.7 Å². The van der Waals surface area contributed by atoms with Gasteiger partial charge in [-0.1, -0.05) is 23.4 Å².